The van der Waals surface area contributed by atoms with E-state index in [0.29, 0.717) is 16.3 Å². The molecule has 1 aromatic heterocycles. The average molecular weight is 274 g/mol. The van der Waals surface area contributed by atoms with E-state index in [1.807, 2.05) is 31.2 Å². The molecule has 0 aliphatic carbocycles. The maximum absolute atomic E-state index is 11.4. The highest BCUT2D eigenvalue weighted by atomic mass is 32.2. The van der Waals surface area contributed by atoms with Crippen LogP contribution in [-0.4, -0.2) is 21.3 Å². The second kappa shape index (κ2) is 5.40. The van der Waals surface area contributed by atoms with Gasteiger partial charge in [-0.15, -0.1) is 5.10 Å². The van der Waals surface area contributed by atoms with E-state index in [1.54, 1.807) is 13.8 Å². The molecule has 0 fully saturated rings. The molecule has 2 rings (SSSR count). The third-order valence-electron chi connectivity index (χ3n) is 2.84. The van der Waals surface area contributed by atoms with Crippen molar-refractivity contribution >= 4 is 17.7 Å². The van der Waals surface area contributed by atoms with Crippen molar-refractivity contribution in [1.82, 2.24) is 10.2 Å². The van der Waals surface area contributed by atoms with E-state index in [2.05, 4.69) is 10.2 Å². The lowest BCUT2D eigenvalue weighted by Gasteiger charge is -2.09. The summed E-state index contributed by atoms with van der Waals surface area (Å²) < 4.78 is 0. The number of carbonyl (C=O) groups is 1. The molecule has 0 spiro atoms. The van der Waals surface area contributed by atoms with Crippen LogP contribution >= 0.6 is 11.8 Å². The smallest absolute Gasteiger partial charge is 0.338 e. The molecule has 1 aromatic carbocycles. The highest BCUT2D eigenvalue weighted by Crippen LogP contribution is 2.30. The van der Waals surface area contributed by atoms with Crippen molar-refractivity contribution < 1.29 is 9.90 Å². The van der Waals surface area contributed by atoms with Crippen molar-refractivity contribution in [2.45, 2.75) is 30.7 Å². The van der Waals surface area contributed by atoms with Crippen molar-refractivity contribution in [3.63, 3.8) is 0 Å². The van der Waals surface area contributed by atoms with Gasteiger partial charge in [-0.2, -0.15) is 5.10 Å². The molecule has 1 N–H and O–H groups in total. The van der Waals surface area contributed by atoms with Crippen molar-refractivity contribution in [3.8, 4) is 0 Å². The number of nitrogens with zero attached hydrogens (tertiary/aromatic N) is 2. The van der Waals surface area contributed by atoms with Gasteiger partial charge in [0.2, 0.25) is 0 Å². The molecule has 98 valence electrons. The first-order chi connectivity index (χ1) is 8.99. The van der Waals surface area contributed by atoms with Crippen molar-refractivity contribution in [3.05, 3.63) is 46.6 Å². The van der Waals surface area contributed by atoms with Gasteiger partial charge in [0, 0.05) is 4.90 Å². The van der Waals surface area contributed by atoms with E-state index in [1.165, 1.54) is 11.8 Å². The molecule has 0 aliphatic rings. The fourth-order valence-electron chi connectivity index (χ4n) is 1.70. The molecule has 2 aromatic rings. The number of benzene rings is 1. The molecule has 0 amide bonds. The largest absolute Gasteiger partial charge is 0.478 e. The second-order valence-electron chi connectivity index (χ2n) is 4.31. The maximum atomic E-state index is 11.4. The summed E-state index contributed by atoms with van der Waals surface area (Å²) in [6, 6.07) is 7.86. The molecule has 0 saturated carbocycles. The van der Waals surface area contributed by atoms with E-state index in [-0.39, 0.29) is 5.56 Å². The number of hydrogen-bond acceptors (Lipinski definition) is 4. The topological polar surface area (TPSA) is 63.1 Å². The fourth-order valence-corrected chi connectivity index (χ4v) is 2.74. The zero-order valence-electron chi connectivity index (χ0n) is 11.0. The van der Waals surface area contributed by atoms with Gasteiger partial charge in [-0.3, -0.25) is 0 Å². The molecule has 4 nitrogen and oxygen atoms in total. The highest BCUT2D eigenvalue weighted by molar-refractivity contribution is 7.99. The lowest BCUT2D eigenvalue weighted by atomic mass is 10.1. The summed E-state index contributed by atoms with van der Waals surface area (Å²) in [7, 11) is 0. The molecule has 0 saturated heterocycles. The van der Waals surface area contributed by atoms with Gasteiger partial charge in [-0.1, -0.05) is 29.5 Å². The van der Waals surface area contributed by atoms with Gasteiger partial charge >= 0.3 is 5.97 Å². The summed E-state index contributed by atoms with van der Waals surface area (Å²) >= 11 is 1.33. The van der Waals surface area contributed by atoms with Crippen LogP contribution in [0, 0.1) is 20.8 Å². The van der Waals surface area contributed by atoms with Gasteiger partial charge < -0.3 is 5.11 Å². The summed E-state index contributed by atoms with van der Waals surface area (Å²) in [4.78, 5) is 12.3. The summed E-state index contributed by atoms with van der Waals surface area (Å²) in [5.41, 5.74) is 2.67. The normalized spacial score (nSPS) is 10.5. The zero-order chi connectivity index (χ0) is 14.0. The standard InChI is InChI=1S/C14H14N2O2S/c1-8-5-4-6-11(7-8)19-13-12(14(17)18)9(2)10(3)15-16-13/h4-7H,1-3H3,(H,17,18). The first-order valence-corrected chi connectivity index (χ1v) is 6.62. The van der Waals surface area contributed by atoms with Gasteiger partial charge in [0.15, 0.2) is 0 Å². The van der Waals surface area contributed by atoms with Gasteiger partial charge in [0.05, 0.1) is 11.3 Å². The Kier molecular flexibility index (Phi) is 3.85. The lowest BCUT2D eigenvalue weighted by Crippen LogP contribution is -2.07. The monoisotopic (exact) mass is 274 g/mol. The van der Waals surface area contributed by atoms with Crippen molar-refractivity contribution in [2.75, 3.05) is 0 Å². The van der Waals surface area contributed by atoms with Gasteiger partial charge in [0.25, 0.3) is 0 Å². The molecule has 19 heavy (non-hydrogen) atoms. The van der Waals surface area contributed by atoms with Gasteiger partial charge in [0.1, 0.15) is 5.03 Å². The van der Waals surface area contributed by atoms with E-state index in [4.69, 9.17) is 0 Å². The Morgan fingerprint density at radius 1 is 1.21 bits per heavy atom. The molecule has 0 radical (unpaired) electrons. The van der Waals surface area contributed by atoms with Crippen LogP contribution < -0.4 is 0 Å². The van der Waals surface area contributed by atoms with Crippen molar-refractivity contribution in [1.29, 1.82) is 0 Å². The van der Waals surface area contributed by atoms with Crippen LogP contribution in [0.4, 0.5) is 0 Å². The number of carboxylic acid groups (broad SMARTS) is 1. The van der Waals surface area contributed by atoms with E-state index in [0.717, 1.165) is 10.5 Å². The Bertz CT molecular complexity index is 641. The Balaban J connectivity index is 2.46. The van der Waals surface area contributed by atoms with Crippen LogP contribution in [0.5, 0.6) is 0 Å². The summed E-state index contributed by atoms with van der Waals surface area (Å²) in [6.45, 7) is 5.51. The van der Waals surface area contributed by atoms with Crippen LogP contribution in [0.1, 0.15) is 27.2 Å². The number of aromatic nitrogens is 2. The molecular formula is C14H14N2O2S. The van der Waals surface area contributed by atoms with Gasteiger partial charge in [-0.05, 0) is 38.5 Å². The average Bonchev–Trinajstić information content (AvgIpc) is 2.33. The van der Waals surface area contributed by atoms with E-state index >= 15 is 0 Å². The number of aromatic carboxylic acids is 1. The summed E-state index contributed by atoms with van der Waals surface area (Å²) in [5.74, 6) is -0.967. The minimum absolute atomic E-state index is 0.235. The van der Waals surface area contributed by atoms with Crippen LogP contribution in [0.15, 0.2) is 34.2 Å². The Hall–Kier alpha value is -1.88. The number of hydrogen-bond donors (Lipinski definition) is 1. The van der Waals surface area contributed by atoms with Crippen LogP contribution in [0.3, 0.4) is 0 Å². The van der Waals surface area contributed by atoms with Crippen LogP contribution in [0.25, 0.3) is 0 Å². The number of aryl methyl sites for hydroxylation is 2. The Labute approximate surface area is 115 Å². The van der Waals surface area contributed by atoms with Crippen LogP contribution in [-0.2, 0) is 0 Å². The molecular weight excluding hydrogens is 260 g/mol. The second-order valence-corrected chi connectivity index (χ2v) is 5.38. The predicted octanol–water partition coefficient (Wildman–Crippen LogP) is 3.25. The van der Waals surface area contributed by atoms with E-state index in [9.17, 15) is 9.90 Å². The SMILES string of the molecule is Cc1cccc(Sc2nnc(C)c(C)c2C(=O)O)c1. The summed E-state index contributed by atoms with van der Waals surface area (Å²) in [5, 5.41) is 17.8. The quantitative estimate of drug-likeness (QED) is 0.930. The first-order valence-electron chi connectivity index (χ1n) is 5.80. The Morgan fingerprint density at radius 2 is 1.95 bits per heavy atom. The third-order valence-corrected chi connectivity index (χ3v) is 3.81. The fraction of sp³-hybridized carbons (Fsp3) is 0.214. The number of carboxylic acids is 1. The zero-order valence-corrected chi connectivity index (χ0v) is 11.8. The Morgan fingerprint density at radius 3 is 2.58 bits per heavy atom. The first kappa shape index (κ1) is 13.5. The molecule has 0 bridgehead atoms. The minimum Gasteiger partial charge on any atom is -0.478 e. The third kappa shape index (κ3) is 2.93. The van der Waals surface area contributed by atoms with Crippen molar-refractivity contribution in [2.24, 2.45) is 0 Å². The molecule has 0 aliphatic heterocycles. The molecule has 0 atom stereocenters. The predicted molar refractivity (Wildman–Crippen MR) is 73.8 cm³/mol. The number of rotatable bonds is 3. The van der Waals surface area contributed by atoms with Crippen LogP contribution in [0.2, 0.25) is 0 Å². The molecule has 0 unspecified atom stereocenters. The maximum Gasteiger partial charge on any atom is 0.338 e. The highest BCUT2D eigenvalue weighted by Gasteiger charge is 2.18. The summed E-state index contributed by atoms with van der Waals surface area (Å²) in [6.07, 6.45) is 0. The van der Waals surface area contributed by atoms with Gasteiger partial charge in [-0.25, -0.2) is 4.79 Å². The minimum atomic E-state index is -0.967. The van der Waals surface area contributed by atoms with E-state index < -0.39 is 5.97 Å². The molecule has 5 heteroatoms. The lowest BCUT2D eigenvalue weighted by molar-refractivity contribution is 0.0690. The molecule has 1 heterocycles.